The third kappa shape index (κ3) is 3.30. The fraction of sp³-hybridized carbons (Fsp3) is 0.500. The largest absolute Gasteiger partial charge is 0.478 e. The summed E-state index contributed by atoms with van der Waals surface area (Å²) in [6.07, 6.45) is 0. The normalized spacial score (nSPS) is 13.8. The van der Waals surface area contributed by atoms with Gasteiger partial charge in [0.05, 0.1) is 5.56 Å². The molecule has 1 aromatic carbocycles. The lowest BCUT2D eigenvalue weighted by atomic mass is 9.81. The first-order chi connectivity index (χ1) is 7.73. The summed E-state index contributed by atoms with van der Waals surface area (Å²) in [6, 6.07) is 7.38. The third-order valence-corrected chi connectivity index (χ3v) is 2.79. The molecule has 0 aliphatic rings. The zero-order valence-electron chi connectivity index (χ0n) is 11.2. The Morgan fingerprint density at radius 1 is 1.29 bits per heavy atom. The summed E-state index contributed by atoms with van der Waals surface area (Å²) in [5.74, 6) is -0.877. The van der Waals surface area contributed by atoms with Crippen LogP contribution in [-0.2, 0) is 0 Å². The number of carboxylic acid groups (broad SMARTS) is 1. The molecule has 0 saturated carbocycles. The molecule has 0 heterocycles. The first kappa shape index (κ1) is 13.7. The van der Waals surface area contributed by atoms with Crippen molar-refractivity contribution in [2.24, 2.45) is 5.41 Å². The SMILES string of the molecule is CN(C)C(c1cccc(C(=O)O)c1)C(C)(C)C. The molecule has 1 N–H and O–H groups in total. The minimum Gasteiger partial charge on any atom is -0.478 e. The summed E-state index contributed by atoms with van der Waals surface area (Å²) in [5, 5.41) is 9.02. The lowest BCUT2D eigenvalue weighted by Crippen LogP contribution is -2.31. The van der Waals surface area contributed by atoms with Gasteiger partial charge in [-0.2, -0.15) is 0 Å². The molecule has 0 fully saturated rings. The van der Waals surface area contributed by atoms with Crippen LogP contribution in [0, 0.1) is 5.41 Å². The molecule has 1 aromatic rings. The number of carboxylic acids is 1. The maximum absolute atomic E-state index is 11.0. The van der Waals surface area contributed by atoms with Gasteiger partial charge >= 0.3 is 5.97 Å². The van der Waals surface area contributed by atoms with Crippen LogP contribution in [-0.4, -0.2) is 30.1 Å². The van der Waals surface area contributed by atoms with Gasteiger partial charge < -0.3 is 10.0 Å². The smallest absolute Gasteiger partial charge is 0.335 e. The summed E-state index contributed by atoms with van der Waals surface area (Å²) in [7, 11) is 4.03. The van der Waals surface area contributed by atoms with E-state index in [9.17, 15) is 4.79 Å². The summed E-state index contributed by atoms with van der Waals surface area (Å²) in [6.45, 7) is 6.47. The monoisotopic (exact) mass is 235 g/mol. The van der Waals surface area contributed by atoms with E-state index in [1.54, 1.807) is 18.2 Å². The Bertz CT molecular complexity index is 405. The third-order valence-electron chi connectivity index (χ3n) is 2.79. The Morgan fingerprint density at radius 2 is 1.88 bits per heavy atom. The van der Waals surface area contributed by atoms with Crippen LogP contribution in [0.4, 0.5) is 0 Å². The maximum Gasteiger partial charge on any atom is 0.335 e. The second kappa shape index (κ2) is 4.88. The van der Waals surface area contributed by atoms with Crippen LogP contribution in [0.5, 0.6) is 0 Å². The zero-order chi connectivity index (χ0) is 13.2. The molecule has 0 saturated heterocycles. The van der Waals surface area contributed by atoms with E-state index in [1.165, 1.54) is 0 Å². The van der Waals surface area contributed by atoms with Crippen molar-refractivity contribution < 1.29 is 9.90 Å². The number of nitrogens with zero attached hydrogens (tertiary/aromatic N) is 1. The number of rotatable bonds is 3. The quantitative estimate of drug-likeness (QED) is 0.875. The molecule has 17 heavy (non-hydrogen) atoms. The molecule has 1 unspecified atom stereocenters. The van der Waals surface area contributed by atoms with Crippen molar-refractivity contribution >= 4 is 5.97 Å². The van der Waals surface area contributed by atoms with Gasteiger partial charge in [-0.15, -0.1) is 0 Å². The Labute approximate surface area is 103 Å². The van der Waals surface area contributed by atoms with E-state index >= 15 is 0 Å². The average Bonchev–Trinajstić information content (AvgIpc) is 2.15. The van der Waals surface area contributed by atoms with Crippen molar-refractivity contribution in [1.29, 1.82) is 0 Å². The fourth-order valence-electron chi connectivity index (χ4n) is 2.41. The minimum absolute atomic E-state index is 0.0562. The predicted molar refractivity (Wildman–Crippen MR) is 69.3 cm³/mol. The lowest BCUT2D eigenvalue weighted by Gasteiger charge is -2.36. The standard InChI is InChI=1S/C14H21NO2/c1-14(2,3)12(15(4)5)10-7-6-8-11(9-10)13(16)17/h6-9,12H,1-5H3,(H,16,17). The molecule has 1 atom stereocenters. The molecule has 3 nitrogen and oxygen atoms in total. The molecule has 0 spiro atoms. The van der Waals surface area contributed by atoms with Gasteiger partial charge in [0.1, 0.15) is 0 Å². The molecule has 0 amide bonds. The highest BCUT2D eigenvalue weighted by atomic mass is 16.4. The van der Waals surface area contributed by atoms with Gasteiger partial charge in [-0.3, -0.25) is 0 Å². The van der Waals surface area contributed by atoms with E-state index in [1.807, 2.05) is 20.2 Å². The molecule has 0 aromatic heterocycles. The van der Waals surface area contributed by atoms with Gasteiger partial charge in [0.25, 0.3) is 0 Å². The van der Waals surface area contributed by atoms with Crippen LogP contribution in [0.3, 0.4) is 0 Å². The van der Waals surface area contributed by atoms with Gasteiger partial charge in [-0.25, -0.2) is 4.79 Å². The maximum atomic E-state index is 11.0. The molecule has 0 aliphatic heterocycles. The van der Waals surface area contributed by atoms with E-state index in [0.29, 0.717) is 5.56 Å². The number of aromatic carboxylic acids is 1. The van der Waals surface area contributed by atoms with Gasteiger partial charge in [-0.05, 0) is 37.2 Å². The lowest BCUT2D eigenvalue weighted by molar-refractivity contribution is 0.0696. The van der Waals surface area contributed by atoms with Crippen LogP contribution in [0.15, 0.2) is 24.3 Å². The van der Waals surface area contributed by atoms with Crippen molar-refractivity contribution in [1.82, 2.24) is 4.90 Å². The van der Waals surface area contributed by atoms with Crippen molar-refractivity contribution in [2.75, 3.05) is 14.1 Å². The average molecular weight is 235 g/mol. The molecule has 0 aliphatic carbocycles. The molecular weight excluding hydrogens is 214 g/mol. The Balaban J connectivity index is 3.20. The topological polar surface area (TPSA) is 40.5 Å². The number of benzene rings is 1. The highest BCUT2D eigenvalue weighted by molar-refractivity contribution is 5.87. The van der Waals surface area contributed by atoms with E-state index in [4.69, 9.17) is 5.11 Å². The Morgan fingerprint density at radius 3 is 2.29 bits per heavy atom. The van der Waals surface area contributed by atoms with Crippen LogP contribution in [0.25, 0.3) is 0 Å². The number of hydrogen-bond acceptors (Lipinski definition) is 2. The fourth-order valence-corrected chi connectivity index (χ4v) is 2.41. The van der Waals surface area contributed by atoms with Gasteiger partial charge in [0.2, 0.25) is 0 Å². The Hall–Kier alpha value is -1.35. The molecule has 3 heteroatoms. The van der Waals surface area contributed by atoms with Crippen LogP contribution < -0.4 is 0 Å². The van der Waals surface area contributed by atoms with Crippen molar-refractivity contribution in [2.45, 2.75) is 26.8 Å². The molecular formula is C14H21NO2. The van der Waals surface area contributed by atoms with Crippen LogP contribution >= 0.6 is 0 Å². The van der Waals surface area contributed by atoms with E-state index < -0.39 is 5.97 Å². The summed E-state index contributed by atoms with van der Waals surface area (Å²) >= 11 is 0. The second-order valence-electron chi connectivity index (χ2n) is 5.66. The van der Waals surface area contributed by atoms with Gasteiger partial charge in [0.15, 0.2) is 0 Å². The Kier molecular flexibility index (Phi) is 3.94. The highest BCUT2D eigenvalue weighted by Gasteiger charge is 2.28. The van der Waals surface area contributed by atoms with Gasteiger partial charge in [-0.1, -0.05) is 32.9 Å². The van der Waals surface area contributed by atoms with Gasteiger partial charge in [0, 0.05) is 6.04 Å². The summed E-state index contributed by atoms with van der Waals surface area (Å²) in [5.41, 5.74) is 1.45. The minimum atomic E-state index is -0.877. The highest BCUT2D eigenvalue weighted by Crippen LogP contribution is 2.36. The molecule has 0 radical (unpaired) electrons. The molecule has 94 valence electrons. The van der Waals surface area contributed by atoms with Crippen LogP contribution in [0.2, 0.25) is 0 Å². The van der Waals surface area contributed by atoms with Crippen LogP contribution in [0.1, 0.15) is 42.7 Å². The van der Waals surface area contributed by atoms with E-state index in [0.717, 1.165) is 5.56 Å². The van der Waals surface area contributed by atoms with E-state index in [-0.39, 0.29) is 11.5 Å². The molecule has 1 rings (SSSR count). The molecule has 0 bridgehead atoms. The van der Waals surface area contributed by atoms with E-state index in [2.05, 4.69) is 25.7 Å². The summed E-state index contributed by atoms with van der Waals surface area (Å²) in [4.78, 5) is 13.1. The predicted octanol–water partition coefficient (Wildman–Crippen LogP) is 3.03. The first-order valence-electron chi connectivity index (χ1n) is 5.73. The number of carbonyl (C=O) groups is 1. The summed E-state index contributed by atoms with van der Waals surface area (Å²) < 4.78 is 0. The van der Waals surface area contributed by atoms with Crippen molar-refractivity contribution in [3.63, 3.8) is 0 Å². The number of hydrogen-bond donors (Lipinski definition) is 1. The zero-order valence-corrected chi connectivity index (χ0v) is 11.2. The second-order valence-corrected chi connectivity index (χ2v) is 5.66. The van der Waals surface area contributed by atoms with Crippen molar-refractivity contribution in [3.8, 4) is 0 Å². The van der Waals surface area contributed by atoms with Crippen molar-refractivity contribution in [3.05, 3.63) is 35.4 Å². The first-order valence-corrected chi connectivity index (χ1v) is 5.73.